The van der Waals surface area contributed by atoms with E-state index >= 15 is 0 Å². The Bertz CT molecular complexity index is 488. The van der Waals surface area contributed by atoms with Crippen molar-refractivity contribution in [2.24, 2.45) is 0 Å². The largest absolute Gasteiger partial charge is 0.369 e. The topological polar surface area (TPSA) is 61.4 Å². The molecule has 0 aliphatic carbocycles. The van der Waals surface area contributed by atoms with Crippen molar-refractivity contribution in [3.63, 3.8) is 0 Å². The van der Waals surface area contributed by atoms with Crippen LogP contribution in [0.1, 0.15) is 31.3 Å². The Morgan fingerprint density at radius 3 is 2.80 bits per heavy atom. The quantitative estimate of drug-likeness (QED) is 0.895. The Kier molecular flexibility index (Phi) is 4.23. The average Bonchev–Trinajstić information content (AvgIpc) is 2.42. The smallest absolute Gasteiger partial charge is 0.274 e. The van der Waals surface area contributed by atoms with Crippen LogP contribution >= 0.6 is 0 Å². The van der Waals surface area contributed by atoms with Crippen molar-refractivity contribution in [2.75, 3.05) is 38.5 Å². The van der Waals surface area contributed by atoms with Gasteiger partial charge in [0.15, 0.2) is 0 Å². The molecule has 1 aliphatic heterocycles. The maximum absolute atomic E-state index is 12.5. The number of likely N-dealkylation sites (N-methyl/N-ethyl adjacent to an activating group) is 1. The summed E-state index contributed by atoms with van der Waals surface area (Å²) in [6.45, 7) is 9.34. The first-order chi connectivity index (χ1) is 9.44. The second kappa shape index (κ2) is 5.75. The van der Waals surface area contributed by atoms with Gasteiger partial charge in [0.1, 0.15) is 11.5 Å². The molecule has 1 amide bonds. The van der Waals surface area contributed by atoms with E-state index in [9.17, 15) is 4.79 Å². The summed E-state index contributed by atoms with van der Waals surface area (Å²) < 4.78 is 0. The predicted octanol–water partition coefficient (Wildman–Crippen LogP) is 1.07. The molecule has 0 saturated carbocycles. The molecule has 0 atom stereocenters. The van der Waals surface area contributed by atoms with Crippen LogP contribution in [-0.2, 0) is 0 Å². The zero-order chi connectivity index (χ0) is 14.8. The van der Waals surface area contributed by atoms with Gasteiger partial charge in [-0.1, -0.05) is 0 Å². The number of rotatable bonds is 3. The van der Waals surface area contributed by atoms with E-state index in [1.165, 1.54) is 6.20 Å². The SMILES string of the molecule is CCNc1cncc(C(=O)N2CCN(C)C(C)(C)C2)n1. The highest BCUT2D eigenvalue weighted by molar-refractivity contribution is 5.92. The molecule has 6 heteroatoms. The molecule has 1 aliphatic rings. The minimum atomic E-state index is -0.0431. The van der Waals surface area contributed by atoms with E-state index in [0.717, 1.165) is 19.6 Å². The molecule has 6 nitrogen and oxygen atoms in total. The molecule has 20 heavy (non-hydrogen) atoms. The number of hydrogen-bond donors (Lipinski definition) is 1. The molecular formula is C14H23N5O. The van der Waals surface area contributed by atoms with Crippen LogP contribution in [0.5, 0.6) is 0 Å². The summed E-state index contributed by atoms with van der Waals surface area (Å²) in [6.07, 6.45) is 3.17. The van der Waals surface area contributed by atoms with Gasteiger partial charge in [-0.3, -0.25) is 14.7 Å². The minimum absolute atomic E-state index is 0.0133. The lowest BCUT2D eigenvalue weighted by atomic mass is 9.99. The van der Waals surface area contributed by atoms with Crippen LogP contribution in [0.4, 0.5) is 5.82 Å². The molecule has 1 saturated heterocycles. The van der Waals surface area contributed by atoms with Crippen LogP contribution in [-0.4, -0.2) is 64.4 Å². The summed E-state index contributed by atoms with van der Waals surface area (Å²) in [5.41, 5.74) is 0.393. The molecule has 2 rings (SSSR count). The third-order valence-electron chi connectivity index (χ3n) is 3.82. The Labute approximate surface area is 120 Å². The van der Waals surface area contributed by atoms with Gasteiger partial charge in [0.25, 0.3) is 5.91 Å². The van der Waals surface area contributed by atoms with Crippen molar-refractivity contribution < 1.29 is 4.79 Å². The number of nitrogens with one attached hydrogen (secondary N) is 1. The lowest BCUT2D eigenvalue weighted by Crippen LogP contribution is -2.58. The fourth-order valence-corrected chi connectivity index (χ4v) is 2.31. The van der Waals surface area contributed by atoms with Crippen LogP contribution in [0, 0.1) is 0 Å². The van der Waals surface area contributed by atoms with Crippen LogP contribution in [0.15, 0.2) is 12.4 Å². The first-order valence-corrected chi connectivity index (χ1v) is 7.00. The Morgan fingerprint density at radius 1 is 1.40 bits per heavy atom. The highest BCUT2D eigenvalue weighted by Gasteiger charge is 2.33. The van der Waals surface area contributed by atoms with Gasteiger partial charge in [-0.25, -0.2) is 4.98 Å². The summed E-state index contributed by atoms with van der Waals surface area (Å²) in [7, 11) is 2.09. The van der Waals surface area contributed by atoms with Gasteiger partial charge >= 0.3 is 0 Å². The molecule has 1 aromatic heterocycles. The van der Waals surface area contributed by atoms with E-state index in [1.54, 1.807) is 6.20 Å². The van der Waals surface area contributed by atoms with Crippen molar-refractivity contribution in [1.82, 2.24) is 19.8 Å². The predicted molar refractivity (Wildman–Crippen MR) is 78.8 cm³/mol. The maximum Gasteiger partial charge on any atom is 0.274 e. The third-order valence-corrected chi connectivity index (χ3v) is 3.82. The average molecular weight is 277 g/mol. The standard InChI is InChI=1S/C14H23N5O/c1-5-16-12-9-15-8-11(17-12)13(20)19-7-6-18(4)14(2,3)10-19/h8-9H,5-7,10H2,1-4H3,(H,16,17). The van der Waals surface area contributed by atoms with E-state index in [-0.39, 0.29) is 11.4 Å². The first-order valence-electron chi connectivity index (χ1n) is 7.00. The number of piperazine rings is 1. The number of hydrogen-bond acceptors (Lipinski definition) is 5. The van der Waals surface area contributed by atoms with Crippen molar-refractivity contribution in [3.8, 4) is 0 Å². The zero-order valence-corrected chi connectivity index (χ0v) is 12.7. The molecule has 0 unspecified atom stereocenters. The number of nitrogens with zero attached hydrogens (tertiary/aromatic N) is 4. The summed E-state index contributed by atoms with van der Waals surface area (Å²) in [5.74, 6) is 0.602. The van der Waals surface area contributed by atoms with Gasteiger partial charge in [0.2, 0.25) is 0 Å². The number of carbonyl (C=O) groups excluding carboxylic acids is 1. The zero-order valence-electron chi connectivity index (χ0n) is 12.7. The summed E-state index contributed by atoms with van der Waals surface area (Å²) in [4.78, 5) is 25.1. The van der Waals surface area contributed by atoms with Gasteiger partial charge in [0.05, 0.1) is 12.4 Å². The van der Waals surface area contributed by atoms with Crippen LogP contribution in [0.2, 0.25) is 0 Å². The molecule has 0 radical (unpaired) electrons. The van der Waals surface area contributed by atoms with E-state index in [2.05, 4.69) is 41.1 Å². The van der Waals surface area contributed by atoms with E-state index in [4.69, 9.17) is 0 Å². The Balaban J connectivity index is 2.13. The lowest BCUT2D eigenvalue weighted by molar-refractivity contribution is 0.0307. The molecule has 0 bridgehead atoms. The molecule has 1 fully saturated rings. The second-order valence-electron chi connectivity index (χ2n) is 5.78. The number of anilines is 1. The van der Waals surface area contributed by atoms with Crippen LogP contribution in [0.3, 0.4) is 0 Å². The van der Waals surface area contributed by atoms with Gasteiger partial charge < -0.3 is 10.2 Å². The van der Waals surface area contributed by atoms with Crippen LogP contribution < -0.4 is 5.32 Å². The summed E-state index contributed by atoms with van der Waals surface area (Å²) in [5, 5.41) is 3.08. The van der Waals surface area contributed by atoms with Gasteiger partial charge in [-0.05, 0) is 27.8 Å². The number of aromatic nitrogens is 2. The Morgan fingerprint density at radius 2 is 2.15 bits per heavy atom. The fraction of sp³-hybridized carbons (Fsp3) is 0.643. The molecule has 110 valence electrons. The molecule has 0 aromatic carbocycles. The van der Waals surface area contributed by atoms with Gasteiger partial charge in [-0.2, -0.15) is 0 Å². The third kappa shape index (κ3) is 3.07. The van der Waals surface area contributed by atoms with Crippen molar-refractivity contribution >= 4 is 11.7 Å². The van der Waals surface area contributed by atoms with Gasteiger partial charge in [0, 0.05) is 31.7 Å². The maximum atomic E-state index is 12.5. The van der Waals surface area contributed by atoms with Crippen molar-refractivity contribution in [2.45, 2.75) is 26.3 Å². The van der Waals surface area contributed by atoms with E-state index in [1.807, 2.05) is 11.8 Å². The lowest BCUT2D eigenvalue weighted by Gasteiger charge is -2.45. The number of carbonyl (C=O) groups is 1. The van der Waals surface area contributed by atoms with Crippen molar-refractivity contribution in [1.29, 1.82) is 0 Å². The monoisotopic (exact) mass is 277 g/mol. The number of amides is 1. The second-order valence-corrected chi connectivity index (χ2v) is 5.78. The molecule has 1 N–H and O–H groups in total. The summed E-state index contributed by atoms with van der Waals surface area (Å²) in [6, 6.07) is 0. The van der Waals surface area contributed by atoms with Crippen LogP contribution in [0.25, 0.3) is 0 Å². The molecule has 1 aromatic rings. The van der Waals surface area contributed by atoms with E-state index in [0.29, 0.717) is 18.1 Å². The molecule has 0 spiro atoms. The molecular weight excluding hydrogens is 254 g/mol. The minimum Gasteiger partial charge on any atom is -0.369 e. The normalized spacial score (nSPS) is 18.9. The molecule has 2 heterocycles. The summed E-state index contributed by atoms with van der Waals surface area (Å²) >= 11 is 0. The van der Waals surface area contributed by atoms with E-state index < -0.39 is 0 Å². The fourth-order valence-electron chi connectivity index (χ4n) is 2.31. The Hall–Kier alpha value is -1.69. The van der Waals surface area contributed by atoms with Crippen molar-refractivity contribution in [3.05, 3.63) is 18.1 Å². The first kappa shape index (κ1) is 14.7. The van der Waals surface area contributed by atoms with Gasteiger partial charge in [-0.15, -0.1) is 0 Å². The highest BCUT2D eigenvalue weighted by Crippen LogP contribution is 2.20. The highest BCUT2D eigenvalue weighted by atomic mass is 16.2.